The van der Waals surface area contributed by atoms with Crippen molar-refractivity contribution in [1.29, 1.82) is 0 Å². The van der Waals surface area contributed by atoms with Crippen LogP contribution in [0, 0.1) is 0 Å². The summed E-state index contributed by atoms with van der Waals surface area (Å²) in [6.07, 6.45) is 5.10. The van der Waals surface area contributed by atoms with Gasteiger partial charge in [0.25, 0.3) is 0 Å². The summed E-state index contributed by atoms with van der Waals surface area (Å²) < 4.78 is 11.2. The lowest BCUT2D eigenvalue weighted by atomic mass is 9.98. The molecule has 4 heteroatoms. The molecule has 3 rings (SSSR count). The van der Waals surface area contributed by atoms with Crippen LogP contribution < -0.4 is 10.1 Å². The number of hydrogen-bond acceptors (Lipinski definition) is 4. The molecule has 4 nitrogen and oxygen atoms in total. The minimum Gasteiger partial charge on any atom is -0.475 e. The first-order valence-electron chi connectivity index (χ1n) is 7.03. The van der Waals surface area contributed by atoms with E-state index >= 15 is 0 Å². The average Bonchev–Trinajstić information content (AvgIpc) is 2.48. The molecule has 1 N–H and O–H groups in total. The SMILES string of the molecule is O=C(OC1CCCCC1)C1CNc2ccccc2O1. The Bertz CT molecular complexity index is 454. The molecule has 0 saturated heterocycles. The van der Waals surface area contributed by atoms with Crippen LogP contribution in [-0.2, 0) is 9.53 Å². The predicted molar refractivity (Wildman–Crippen MR) is 72.3 cm³/mol. The normalized spacial score (nSPS) is 22.8. The van der Waals surface area contributed by atoms with Gasteiger partial charge in [-0.25, -0.2) is 4.79 Å². The molecule has 0 bridgehead atoms. The van der Waals surface area contributed by atoms with Crippen LogP contribution in [0.5, 0.6) is 5.75 Å². The van der Waals surface area contributed by atoms with Crippen molar-refractivity contribution in [3.8, 4) is 5.75 Å². The van der Waals surface area contributed by atoms with Crippen LogP contribution in [-0.4, -0.2) is 24.7 Å². The van der Waals surface area contributed by atoms with Gasteiger partial charge in [-0.1, -0.05) is 18.6 Å². The summed E-state index contributed by atoms with van der Waals surface area (Å²) in [5, 5.41) is 3.21. The molecule has 1 fully saturated rings. The zero-order valence-electron chi connectivity index (χ0n) is 10.9. The van der Waals surface area contributed by atoms with E-state index in [4.69, 9.17) is 9.47 Å². The predicted octanol–water partition coefficient (Wildman–Crippen LogP) is 2.74. The number of para-hydroxylation sites is 2. The molecule has 2 aliphatic rings. The lowest BCUT2D eigenvalue weighted by molar-refractivity contribution is -0.158. The molecule has 0 amide bonds. The minimum absolute atomic E-state index is 0.0852. The van der Waals surface area contributed by atoms with Crippen molar-refractivity contribution in [1.82, 2.24) is 0 Å². The number of benzene rings is 1. The molecule has 0 aromatic heterocycles. The maximum Gasteiger partial charge on any atom is 0.349 e. The van der Waals surface area contributed by atoms with E-state index in [1.54, 1.807) is 0 Å². The van der Waals surface area contributed by atoms with Gasteiger partial charge in [0, 0.05) is 0 Å². The van der Waals surface area contributed by atoms with Crippen LogP contribution in [0.1, 0.15) is 32.1 Å². The fourth-order valence-electron chi connectivity index (χ4n) is 2.67. The van der Waals surface area contributed by atoms with Gasteiger partial charge in [0.15, 0.2) is 0 Å². The third-order valence-corrected chi connectivity index (χ3v) is 3.73. The third kappa shape index (κ3) is 2.83. The molecular formula is C15H19NO3. The van der Waals surface area contributed by atoms with Gasteiger partial charge >= 0.3 is 5.97 Å². The number of fused-ring (bicyclic) bond motifs is 1. The van der Waals surface area contributed by atoms with E-state index in [1.807, 2.05) is 24.3 Å². The molecular weight excluding hydrogens is 242 g/mol. The van der Waals surface area contributed by atoms with Crippen LogP contribution in [0.4, 0.5) is 5.69 Å². The Kier molecular flexibility index (Phi) is 3.58. The first-order valence-corrected chi connectivity index (χ1v) is 7.03. The topological polar surface area (TPSA) is 47.6 Å². The van der Waals surface area contributed by atoms with E-state index in [2.05, 4.69) is 5.32 Å². The Morgan fingerprint density at radius 2 is 2.00 bits per heavy atom. The summed E-state index contributed by atoms with van der Waals surface area (Å²) in [5.41, 5.74) is 0.934. The molecule has 0 radical (unpaired) electrons. The second-order valence-corrected chi connectivity index (χ2v) is 5.18. The van der Waals surface area contributed by atoms with Gasteiger partial charge in [-0.3, -0.25) is 0 Å². The molecule has 1 unspecified atom stereocenters. The van der Waals surface area contributed by atoms with E-state index in [0.29, 0.717) is 6.54 Å². The summed E-state index contributed by atoms with van der Waals surface area (Å²) in [6, 6.07) is 7.64. The molecule has 1 aromatic rings. The Balaban J connectivity index is 1.59. The van der Waals surface area contributed by atoms with Crippen LogP contribution in [0.3, 0.4) is 0 Å². The first kappa shape index (κ1) is 12.3. The van der Waals surface area contributed by atoms with Gasteiger partial charge < -0.3 is 14.8 Å². The minimum atomic E-state index is -0.531. The molecule has 1 aliphatic heterocycles. The highest BCUT2D eigenvalue weighted by atomic mass is 16.6. The number of anilines is 1. The molecule has 1 heterocycles. The fraction of sp³-hybridized carbons (Fsp3) is 0.533. The number of carbonyl (C=O) groups excluding carboxylic acids is 1. The number of hydrogen-bond donors (Lipinski definition) is 1. The molecule has 1 aromatic carbocycles. The van der Waals surface area contributed by atoms with Crippen molar-refractivity contribution >= 4 is 11.7 Å². The van der Waals surface area contributed by atoms with Gasteiger partial charge in [0.1, 0.15) is 11.9 Å². The number of ether oxygens (including phenoxy) is 2. The number of nitrogens with one attached hydrogen (secondary N) is 1. The van der Waals surface area contributed by atoms with Crippen LogP contribution >= 0.6 is 0 Å². The fourth-order valence-corrected chi connectivity index (χ4v) is 2.67. The highest BCUT2D eigenvalue weighted by Gasteiger charge is 2.29. The van der Waals surface area contributed by atoms with E-state index < -0.39 is 6.10 Å². The van der Waals surface area contributed by atoms with Gasteiger partial charge in [-0.2, -0.15) is 0 Å². The zero-order valence-corrected chi connectivity index (χ0v) is 10.9. The summed E-state index contributed by atoms with van der Waals surface area (Å²) in [7, 11) is 0. The number of carbonyl (C=O) groups is 1. The number of esters is 1. The average molecular weight is 261 g/mol. The standard InChI is InChI=1S/C15H19NO3/c17-15(18-11-6-2-1-3-7-11)14-10-16-12-8-4-5-9-13(12)19-14/h4-5,8-9,11,14,16H,1-3,6-7,10H2. The molecule has 1 aliphatic carbocycles. The molecule has 102 valence electrons. The smallest absolute Gasteiger partial charge is 0.349 e. The largest absolute Gasteiger partial charge is 0.475 e. The molecule has 1 atom stereocenters. The third-order valence-electron chi connectivity index (χ3n) is 3.73. The Morgan fingerprint density at radius 1 is 1.21 bits per heavy atom. The van der Waals surface area contributed by atoms with Crippen LogP contribution in [0.15, 0.2) is 24.3 Å². The van der Waals surface area contributed by atoms with Crippen molar-refractivity contribution in [3.05, 3.63) is 24.3 Å². The van der Waals surface area contributed by atoms with Crippen molar-refractivity contribution < 1.29 is 14.3 Å². The van der Waals surface area contributed by atoms with Crippen molar-refractivity contribution in [2.24, 2.45) is 0 Å². The Morgan fingerprint density at radius 3 is 2.84 bits per heavy atom. The van der Waals surface area contributed by atoms with Gasteiger partial charge in [0.2, 0.25) is 6.10 Å². The van der Waals surface area contributed by atoms with E-state index in [0.717, 1.165) is 37.1 Å². The maximum atomic E-state index is 12.1. The van der Waals surface area contributed by atoms with Crippen LogP contribution in [0.25, 0.3) is 0 Å². The Labute approximate surface area is 113 Å². The Hall–Kier alpha value is -1.71. The second-order valence-electron chi connectivity index (χ2n) is 5.18. The molecule has 19 heavy (non-hydrogen) atoms. The zero-order chi connectivity index (χ0) is 13.1. The summed E-state index contributed by atoms with van der Waals surface area (Å²) >= 11 is 0. The highest BCUT2D eigenvalue weighted by Crippen LogP contribution is 2.29. The van der Waals surface area contributed by atoms with Gasteiger partial charge in [-0.15, -0.1) is 0 Å². The van der Waals surface area contributed by atoms with Crippen molar-refractivity contribution in [2.75, 3.05) is 11.9 Å². The summed E-state index contributed by atoms with van der Waals surface area (Å²) in [6.45, 7) is 0.475. The van der Waals surface area contributed by atoms with Gasteiger partial charge in [0.05, 0.1) is 12.2 Å². The quantitative estimate of drug-likeness (QED) is 0.832. The van der Waals surface area contributed by atoms with E-state index in [9.17, 15) is 4.79 Å². The van der Waals surface area contributed by atoms with Crippen molar-refractivity contribution in [3.63, 3.8) is 0 Å². The first-order chi connectivity index (χ1) is 9.33. The van der Waals surface area contributed by atoms with Gasteiger partial charge in [-0.05, 0) is 37.8 Å². The molecule has 1 saturated carbocycles. The second kappa shape index (κ2) is 5.51. The summed E-state index contributed by atoms with van der Waals surface area (Å²) in [5.74, 6) is 0.480. The van der Waals surface area contributed by atoms with Crippen molar-refractivity contribution in [2.45, 2.75) is 44.3 Å². The maximum absolute atomic E-state index is 12.1. The molecule has 0 spiro atoms. The lowest BCUT2D eigenvalue weighted by Crippen LogP contribution is -2.40. The summed E-state index contributed by atoms with van der Waals surface area (Å²) in [4.78, 5) is 12.1. The lowest BCUT2D eigenvalue weighted by Gasteiger charge is -2.28. The number of rotatable bonds is 2. The van der Waals surface area contributed by atoms with E-state index in [1.165, 1.54) is 6.42 Å². The monoisotopic (exact) mass is 261 g/mol. The highest BCUT2D eigenvalue weighted by molar-refractivity contribution is 5.78. The van der Waals surface area contributed by atoms with Crippen LogP contribution in [0.2, 0.25) is 0 Å². The van der Waals surface area contributed by atoms with E-state index in [-0.39, 0.29) is 12.1 Å².